The Labute approximate surface area is 187 Å². The van der Waals surface area contributed by atoms with Crippen LogP contribution in [0.1, 0.15) is 29.3 Å². The van der Waals surface area contributed by atoms with E-state index in [1.54, 1.807) is 43.3 Å². The molecule has 3 amide bonds. The number of amides is 3. The highest BCUT2D eigenvalue weighted by molar-refractivity contribution is 7.90. The van der Waals surface area contributed by atoms with E-state index in [-0.39, 0.29) is 35.9 Å². The standard InChI is InChI=1S/C22H25N3O6S/c1-15(21(27)23-2)24(14-16-7-6-8-17(13-16)31-3)20(26)11-12-25-22(28)18-9-4-5-10-19(18)32(25,29)30/h4-10,13,15H,11-12,14H2,1-3H3,(H,23,27)/t15-/m1/s1. The van der Waals surface area contributed by atoms with Crippen molar-refractivity contribution < 1.29 is 27.5 Å². The third-order valence-corrected chi connectivity index (χ3v) is 7.18. The molecular formula is C22H25N3O6S. The fourth-order valence-electron chi connectivity index (χ4n) is 3.55. The Hall–Kier alpha value is -3.40. The van der Waals surface area contributed by atoms with E-state index in [1.165, 1.54) is 31.2 Å². The summed E-state index contributed by atoms with van der Waals surface area (Å²) < 4.78 is 31.4. The smallest absolute Gasteiger partial charge is 0.269 e. The first-order valence-corrected chi connectivity index (χ1v) is 11.4. The Morgan fingerprint density at radius 1 is 1.16 bits per heavy atom. The fourth-order valence-corrected chi connectivity index (χ4v) is 5.12. The van der Waals surface area contributed by atoms with Crippen molar-refractivity contribution in [1.82, 2.24) is 14.5 Å². The van der Waals surface area contributed by atoms with E-state index in [9.17, 15) is 22.8 Å². The molecule has 0 aromatic heterocycles. The van der Waals surface area contributed by atoms with Gasteiger partial charge in [0.15, 0.2) is 0 Å². The first kappa shape index (κ1) is 23.3. The van der Waals surface area contributed by atoms with Gasteiger partial charge in [-0.3, -0.25) is 14.4 Å². The number of methoxy groups -OCH3 is 1. The number of nitrogens with one attached hydrogen (secondary N) is 1. The molecule has 0 bridgehead atoms. The van der Waals surface area contributed by atoms with E-state index < -0.39 is 27.9 Å². The molecule has 1 aliphatic heterocycles. The minimum atomic E-state index is -4.01. The summed E-state index contributed by atoms with van der Waals surface area (Å²) in [4.78, 5) is 39.2. The Kier molecular flexibility index (Phi) is 6.83. The summed E-state index contributed by atoms with van der Waals surface area (Å²) >= 11 is 0. The second-order valence-corrected chi connectivity index (χ2v) is 9.12. The zero-order valence-electron chi connectivity index (χ0n) is 18.1. The zero-order chi connectivity index (χ0) is 23.5. The Bertz CT molecular complexity index is 1150. The predicted molar refractivity (Wildman–Crippen MR) is 116 cm³/mol. The molecule has 1 N–H and O–H groups in total. The average Bonchev–Trinajstić information content (AvgIpc) is 3.00. The summed E-state index contributed by atoms with van der Waals surface area (Å²) in [6.07, 6.45) is -0.260. The van der Waals surface area contributed by atoms with Crippen LogP contribution in [0.4, 0.5) is 0 Å². The first-order chi connectivity index (χ1) is 15.2. The molecule has 0 spiro atoms. The van der Waals surface area contributed by atoms with Gasteiger partial charge >= 0.3 is 0 Å². The van der Waals surface area contributed by atoms with Crippen LogP contribution in [0, 0.1) is 0 Å². The molecule has 1 heterocycles. The number of ether oxygens (including phenoxy) is 1. The minimum Gasteiger partial charge on any atom is -0.497 e. The van der Waals surface area contributed by atoms with E-state index in [0.29, 0.717) is 10.1 Å². The van der Waals surface area contributed by atoms with Gasteiger partial charge in [0, 0.05) is 26.6 Å². The summed E-state index contributed by atoms with van der Waals surface area (Å²) in [5, 5.41) is 2.52. The molecule has 0 saturated carbocycles. The number of sulfonamides is 1. The molecule has 1 atom stereocenters. The molecule has 0 aliphatic carbocycles. The molecule has 9 nitrogen and oxygen atoms in total. The van der Waals surface area contributed by atoms with Gasteiger partial charge in [-0.15, -0.1) is 0 Å². The van der Waals surface area contributed by atoms with Crippen LogP contribution < -0.4 is 10.1 Å². The molecule has 0 radical (unpaired) electrons. The molecule has 0 saturated heterocycles. The lowest BCUT2D eigenvalue weighted by Gasteiger charge is -2.29. The molecular weight excluding hydrogens is 434 g/mol. The number of rotatable bonds is 8. The van der Waals surface area contributed by atoms with E-state index in [0.717, 1.165) is 5.56 Å². The second-order valence-electron chi connectivity index (χ2n) is 7.29. The summed E-state index contributed by atoms with van der Waals surface area (Å²) in [5.41, 5.74) is 0.831. The van der Waals surface area contributed by atoms with Crippen molar-refractivity contribution in [2.75, 3.05) is 20.7 Å². The zero-order valence-corrected chi connectivity index (χ0v) is 18.9. The normalized spacial score (nSPS) is 15.1. The fraction of sp³-hybridized carbons (Fsp3) is 0.318. The minimum absolute atomic E-state index is 0.0654. The number of likely N-dealkylation sites (N-methyl/N-ethyl adjacent to an activating group) is 1. The van der Waals surface area contributed by atoms with Crippen LogP contribution in [0.25, 0.3) is 0 Å². The third kappa shape index (κ3) is 4.45. The van der Waals surface area contributed by atoms with E-state index in [2.05, 4.69) is 5.32 Å². The maximum Gasteiger partial charge on any atom is 0.269 e. The average molecular weight is 460 g/mol. The summed E-state index contributed by atoms with van der Waals surface area (Å²) in [5.74, 6) is -0.873. The molecule has 32 heavy (non-hydrogen) atoms. The van der Waals surface area contributed by atoms with Crippen LogP contribution in [-0.2, 0) is 26.2 Å². The lowest BCUT2D eigenvalue weighted by Crippen LogP contribution is -2.47. The Balaban J connectivity index is 1.79. The molecule has 0 fully saturated rings. The Morgan fingerprint density at radius 2 is 1.88 bits per heavy atom. The number of carbonyl (C=O) groups is 3. The van der Waals surface area contributed by atoms with Crippen molar-refractivity contribution >= 4 is 27.7 Å². The van der Waals surface area contributed by atoms with Crippen LogP contribution in [0.3, 0.4) is 0 Å². The van der Waals surface area contributed by atoms with Gasteiger partial charge in [0.05, 0.1) is 12.7 Å². The third-order valence-electron chi connectivity index (χ3n) is 5.34. The molecule has 3 rings (SSSR count). The number of hydrogen-bond acceptors (Lipinski definition) is 6. The van der Waals surface area contributed by atoms with Gasteiger partial charge in [-0.1, -0.05) is 24.3 Å². The predicted octanol–water partition coefficient (Wildman–Crippen LogP) is 1.39. The molecule has 0 unspecified atom stereocenters. The van der Waals surface area contributed by atoms with Crippen molar-refractivity contribution in [1.29, 1.82) is 0 Å². The maximum absolute atomic E-state index is 13.1. The van der Waals surface area contributed by atoms with E-state index in [1.807, 2.05) is 0 Å². The number of benzene rings is 2. The van der Waals surface area contributed by atoms with Crippen LogP contribution in [0.2, 0.25) is 0 Å². The lowest BCUT2D eigenvalue weighted by atomic mass is 10.1. The van der Waals surface area contributed by atoms with Crippen LogP contribution >= 0.6 is 0 Å². The van der Waals surface area contributed by atoms with Crippen molar-refractivity contribution in [3.8, 4) is 5.75 Å². The van der Waals surface area contributed by atoms with Gasteiger partial charge in [0.1, 0.15) is 16.7 Å². The molecule has 2 aromatic carbocycles. The largest absolute Gasteiger partial charge is 0.497 e. The summed E-state index contributed by atoms with van der Waals surface area (Å²) in [6, 6.07) is 12.2. The van der Waals surface area contributed by atoms with Crippen LogP contribution in [-0.4, -0.2) is 62.1 Å². The van der Waals surface area contributed by atoms with Crippen molar-refractivity contribution in [3.63, 3.8) is 0 Å². The van der Waals surface area contributed by atoms with E-state index in [4.69, 9.17) is 4.74 Å². The quantitative estimate of drug-likeness (QED) is 0.638. The van der Waals surface area contributed by atoms with Gasteiger partial charge in [0.2, 0.25) is 11.8 Å². The van der Waals surface area contributed by atoms with Gasteiger partial charge in [-0.05, 0) is 36.8 Å². The van der Waals surface area contributed by atoms with Crippen LogP contribution in [0.15, 0.2) is 53.4 Å². The van der Waals surface area contributed by atoms with Crippen molar-refractivity contribution in [2.45, 2.75) is 30.8 Å². The number of carbonyl (C=O) groups excluding carboxylic acids is 3. The second kappa shape index (κ2) is 9.39. The Morgan fingerprint density at radius 3 is 2.53 bits per heavy atom. The number of fused-ring (bicyclic) bond motifs is 1. The van der Waals surface area contributed by atoms with E-state index >= 15 is 0 Å². The summed E-state index contributed by atoms with van der Waals surface area (Å²) in [6.45, 7) is 1.39. The van der Waals surface area contributed by atoms with Gasteiger partial charge in [-0.25, -0.2) is 12.7 Å². The van der Waals surface area contributed by atoms with Crippen molar-refractivity contribution in [2.24, 2.45) is 0 Å². The summed E-state index contributed by atoms with van der Waals surface area (Å²) in [7, 11) is -1.01. The van der Waals surface area contributed by atoms with Gasteiger partial charge < -0.3 is 15.0 Å². The number of hydrogen-bond donors (Lipinski definition) is 1. The highest BCUT2D eigenvalue weighted by Crippen LogP contribution is 2.30. The molecule has 170 valence electrons. The first-order valence-electron chi connectivity index (χ1n) is 10.0. The van der Waals surface area contributed by atoms with Crippen molar-refractivity contribution in [3.05, 3.63) is 59.7 Å². The van der Waals surface area contributed by atoms with Crippen LogP contribution in [0.5, 0.6) is 5.75 Å². The van der Waals surface area contributed by atoms with Gasteiger partial charge in [0.25, 0.3) is 15.9 Å². The number of nitrogens with zero attached hydrogens (tertiary/aromatic N) is 2. The maximum atomic E-state index is 13.1. The molecule has 2 aromatic rings. The lowest BCUT2D eigenvalue weighted by molar-refractivity contribution is -0.140. The highest BCUT2D eigenvalue weighted by atomic mass is 32.2. The molecule has 10 heteroatoms. The SMILES string of the molecule is CNC(=O)[C@@H](C)N(Cc1cccc(OC)c1)C(=O)CCN1C(=O)c2ccccc2S1(=O)=O. The topological polar surface area (TPSA) is 113 Å². The monoisotopic (exact) mass is 459 g/mol. The van der Waals surface area contributed by atoms with Gasteiger partial charge in [-0.2, -0.15) is 0 Å². The highest BCUT2D eigenvalue weighted by Gasteiger charge is 2.41. The molecule has 1 aliphatic rings.